The maximum atomic E-state index is 9.61. The van der Waals surface area contributed by atoms with Crippen LogP contribution in [0.1, 0.15) is 39.9 Å². The summed E-state index contributed by atoms with van der Waals surface area (Å²) in [5.74, 6) is -1.83. The standard InChI is InChI=1S/C41H25N5O/c1-4-16-33-27(11-1)30-14-7-9-24-19-20-25-10-8-15-31-28-12-2-5-17-34(28)46(38(25)31)41-43-39(42-40(44-41)45(33)37(24)30)26-21-22-36-32(23-26)29-13-3-6-18-35(29)47-36/h1-18,21-23H,19-20H2/i1D,2D,3D,4D,5D,6D,7D,8D,9D,10D,11D,12D,13D,14D,15D,16D,17D,18D,21D,22D,23D. The largest absolute Gasteiger partial charge is 0.456 e. The van der Waals surface area contributed by atoms with Gasteiger partial charge in [-0.1, -0.05) is 90.6 Å². The molecule has 0 N–H and O–H groups in total. The summed E-state index contributed by atoms with van der Waals surface area (Å²) in [5, 5.41) is -1.65. The lowest BCUT2D eigenvalue weighted by Gasteiger charge is -2.13. The van der Waals surface area contributed by atoms with Crippen LogP contribution in [0.4, 0.5) is 0 Å². The van der Waals surface area contributed by atoms with Crippen molar-refractivity contribution in [2.45, 2.75) is 12.8 Å². The van der Waals surface area contributed by atoms with E-state index < -0.39 is 161 Å². The van der Waals surface area contributed by atoms with E-state index in [2.05, 4.69) is 9.97 Å². The minimum atomic E-state index is -0.777. The van der Waals surface area contributed by atoms with Crippen molar-refractivity contribution in [1.82, 2.24) is 24.1 Å². The first-order valence-electron chi connectivity index (χ1n) is 24.8. The number of hydrogen-bond donors (Lipinski definition) is 0. The quantitative estimate of drug-likeness (QED) is 0.182. The number of hydrogen-bond acceptors (Lipinski definition) is 4. The first-order chi connectivity index (χ1) is 32.0. The fourth-order valence-corrected chi connectivity index (χ4v) is 6.36. The second-order valence-corrected chi connectivity index (χ2v) is 10.8. The zero-order valence-corrected chi connectivity index (χ0v) is 23.6. The van der Waals surface area contributed by atoms with Gasteiger partial charge in [-0.2, -0.15) is 15.0 Å². The van der Waals surface area contributed by atoms with E-state index in [4.69, 9.17) is 27.2 Å². The Morgan fingerprint density at radius 2 is 1.02 bits per heavy atom. The summed E-state index contributed by atoms with van der Waals surface area (Å²) < 4.78 is 196. The van der Waals surface area contributed by atoms with Crippen molar-refractivity contribution < 1.29 is 33.2 Å². The van der Waals surface area contributed by atoms with Crippen molar-refractivity contribution in [3.63, 3.8) is 0 Å². The van der Waals surface area contributed by atoms with E-state index in [-0.39, 0.29) is 78.4 Å². The summed E-state index contributed by atoms with van der Waals surface area (Å²) in [6.45, 7) is 0. The Balaban J connectivity index is 1.44. The Kier molecular flexibility index (Phi) is 2.43. The molecule has 5 heterocycles. The van der Waals surface area contributed by atoms with Gasteiger partial charge in [-0.05, 0) is 60.2 Å². The maximum absolute atomic E-state index is 9.61. The molecule has 0 spiro atoms. The second-order valence-electron chi connectivity index (χ2n) is 10.8. The van der Waals surface area contributed by atoms with Crippen LogP contribution < -0.4 is 0 Å². The van der Waals surface area contributed by atoms with Crippen LogP contribution in [-0.4, -0.2) is 24.1 Å². The monoisotopic (exact) mass is 624 g/mol. The van der Waals surface area contributed by atoms with Gasteiger partial charge >= 0.3 is 0 Å². The highest BCUT2D eigenvalue weighted by molar-refractivity contribution is 6.12. The van der Waals surface area contributed by atoms with Gasteiger partial charge in [-0.25, -0.2) is 0 Å². The summed E-state index contributed by atoms with van der Waals surface area (Å²) in [5.41, 5.74) is -2.59. The van der Waals surface area contributed by atoms with E-state index in [1.807, 2.05) is 0 Å². The zero-order chi connectivity index (χ0) is 48.9. The Morgan fingerprint density at radius 1 is 0.489 bits per heavy atom. The Labute approximate surface area is 297 Å². The van der Waals surface area contributed by atoms with Crippen LogP contribution in [0.25, 0.3) is 88.8 Å². The van der Waals surface area contributed by atoms with E-state index in [1.54, 1.807) is 0 Å². The predicted molar refractivity (Wildman–Crippen MR) is 189 cm³/mol. The van der Waals surface area contributed by atoms with Crippen LogP contribution in [0.3, 0.4) is 0 Å². The van der Waals surface area contributed by atoms with Crippen molar-refractivity contribution in [2.75, 3.05) is 0 Å². The lowest BCUT2D eigenvalue weighted by atomic mass is 10.00. The summed E-state index contributed by atoms with van der Waals surface area (Å²) in [6.07, 6.45) is -0.619. The number of aryl methyl sites for hydroxylation is 2. The minimum absolute atomic E-state index is 0.0587. The molecule has 0 aliphatic carbocycles. The molecule has 2 bridgehead atoms. The molecular formula is C41H25N5O. The highest BCUT2D eigenvalue weighted by Crippen LogP contribution is 2.39. The SMILES string of the molecule is [2H]c1c([2H])c([2H])c2c(oc3c([2H])c([2H])c(-c4nc5nc(n4)-n4c6c([2H])c([2H])c([2H])c([2H])c6c6c([2H])c([2H])c([2H])c(c64)CCc4c([2H])c([2H])c([2H])c6c7c([2H])c([2H])c([2H])c([2H])c7n-5c46)c([2H])c32)c1[2H]. The Bertz CT molecular complexity index is 3940. The van der Waals surface area contributed by atoms with Gasteiger partial charge in [-0.15, -0.1) is 0 Å². The molecule has 0 unspecified atom stereocenters. The first kappa shape index (κ1) is 12.5. The summed E-state index contributed by atoms with van der Waals surface area (Å²) in [6, 6.07) is -14.0. The summed E-state index contributed by atoms with van der Waals surface area (Å²) in [4.78, 5) is 14.1. The average molecular weight is 625 g/mol. The van der Waals surface area contributed by atoms with Crippen molar-refractivity contribution in [3.05, 3.63) is 138 Å². The molecule has 6 heteroatoms. The average Bonchev–Trinajstić information content (AvgIpc) is 4.01. The zero-order valence-electron chi connectivity index (χ0n) is 44.6. The highest BCUT2D eigenvalue weighted by Gasteiger charge is 2.24. The van der Waals surface area contributed by atoms with Gasteiger partial charge in [0.2, 0.25) is 11.9 Å². The molecule has 10 aromatic rings. The van der Waals surface area contributed by atoms with Crippen LogP contribution >= 0.6 is 0 Å². The number of furan rings is 1. The molecule has 0 fully saturated rings. The van der Waals surface area contributed by atoms with Crippen molar-refractivity contribution >= 4 is 65.6 Å². The molecule has 6 aromatic carbocycles. The van der Waals surface area contributed by atoms with Crippen molar-refractivity contribution in [3.8, 4) is 23.3 Å². The van der Waals surface area contributed by atoms with Crippen molar-refractivity contribution in [1.29, 1.82) is 0 Å². The van der Waals surface area contributed by atoms with Gasteiger partial charge < -0.3 is 4.42 Å². The lowest BCUT2D eigenvalue weighted by molar-refractivity contribution is 0.669. The molecule has 0 saturated heterocycles. The molecule has 0 radical (unpaired) electrons. The molecule has 4 aromatic heterocycles. The van der Waals surface area contributed by atoms with Crippen LogP contribution in [0.5, 0.6) is 0 Å². The van der Waals surface area contributed by atoms with Crippen LogP contribution in [0, 0.1) is 0 Å². The van der Waals surface area contributed by atoms with Gasteiger partial charge in [0.15, 0.2) is 5.82 Å². The van der Waals surface area contributed by atoms with E-state index >= 15 is 0 Å². The Morgan fingerprint density at radius 3 is 1.66 bits per heavy atom. The highest BCUT2D eigenvalue weighted by atomic mass is 16.3. The number of rotatable bonds is 1. The molecule has 0 atom stereocenters. The fraction of sp³-hybridized carbons (Fsp3) is 0.0488. The van der Waals surface area contributed by atoms with E-state index in [0.29, 0.717) is 0 Å². The molecular weight excluding hydrogens is 578 g/mol. The first-order valence-corrected chi connectivity index (χ1v) is 14.3. The molecule has 0 amide bonds. The number of benzene rings is 6. The van der Waals surface area contributed by atoms with Crippen molar-refractivity contribution in [2.24, 2.45) is 0 Å². The van der Waals surface area contributed by atoms with Crippen LogP contribution in [0.15, 0.2) is 131 Å². The third-order valence-corrected chi connectivity index (χ3v) is 8.32. The van der Waals surface area contributed by atoms with Gasteiger partial charge in [0.05, 0.1) is 50.9 Å². The lowest BCUT2D eigenvalue weighted by Crippen LogP contribution is -2.10. The topological polar surface area (TPSA) is 61.7 Å². The molecule has 1 aliphatic heterocycles. The number of fused-ring (bicyclic) bond motifs is 13. The predicted octanol–water partition coefficient (Wildman–Crippen LogP) is 9.73. The molecule has 6 nitrogen and oxygen atoms in total. The van der Waals surface area contributed by atoms with Crippen LogP contribution in [0.2, 0.25) is 0 Å². The van der Waals surface area contributed by atoms with Gasteiger partial charge in [0, 0.05) is 37.9 Å². The van der Waals surface area contributed by atoms with Gasteiger partial charge in [0.1, 0.15) is 11.2 Å². The summed E-state index contributed by atoms with van der Waals surface area (Å²) in [7, 11) is 0. The fourth-order valence-electron chi connectivity index (χ4n) is 6.36. The Hall–Kier alpha value is -6.27. The van der Waals surface area contributed by atoms with E-state index in [0.717, 1.165) is 9.13 Å². The smallest absolute Gasteiger partial charge is 0.240 e. The normalized spacial score (nSPS) is 19.2. The third kappa shape index (κ3) is 3.41. The number of nitrogens with zero attached hydrogens (tertiary/aromatic N) is 5. The molecule has 1 aliphatic rings. The summed E-state index contributed by atoms with van der Waals surface area (Å²) >= 11 is 0. The van der Waals surface area contributed by atoms with Crippen LogP contribution in [-0.2, 0) is 12.8 Å². The maximum Gasteiger partial charge on any atom is 0.240 e. The second kappa shape index (κ2) is 9.14. The van der Waals surface area contributed by atoms with Gasteiger partial charge in [0.25, 0.3) is 0 Å². The molecule has 0 saturated carbocycles. The third-order valence-electron chi connectivity index (χ3n) is 8.32. The molecule has 47 heavy (non-hydrogen) atoms. The molecule has 220 valence electrons. The van der Waals surface area contributed by atoms with E-state index in [9.17, 15) is 11.0 Å². The minimum Gasteiger partial charge on any atom is -0.456 e. The number of para-hydroxylation sites is 5. The number of aromatic nitrogens is 5. The van der Waals surface area contributed by atoms with Gasteiger partial charge in [-0.3, -0.25) is 9.13 Å². The van der Waals surface area contributed by atoms with E-state index in [1.165, 1.54) is 0 Å². The molecule has 11 rings (SSSR count).